The first-order valence-corrected chi connectivity index (χ1v) is 9.46. The van der Waals surface area contributed by atoms with E-state index in [4.69, 9.17) is 4.74 Å². The molecular weight excluding hydrogens is 373 g/mol. The Balaban J connectivity index is 2.00. The largest absolute Gasteiger partial charge is 0.383 e. The lowest BCUT2D eigenvalue weighted by molar-refractivity contribution is -0.115. The summed E-state index contributed by atoms with van der Waals surface area (Å²) in [5.41, 5.74) is 2.69. The first kappa shape index (κ1) is 20.5. The summed E-state index contributed by atoms with van der Waals surface area (Å²) in [5.74, 6) is -0.649. The molecule has 6 nitrogen and oxygen atoms in total. The lowest BCUT2D eigenvalue weighted by Gasteiger charge is -2.12. The first-order valence-electron chi connectivity index (χ1n) is 9.46. The molecule has 0 saturated heterocycles. The van der Waals surface area contributed by atoms with Crippen LogP contribution < -0.4 is 10.6 Å². The molecule has 1 heterocycles. The molecule has 0 spiro atoms. The van der Waals surface area contributed by atoms with Gasteiger partial charge in [-0.25, -0.2) is 4.39 Å². The van der Waals surface area contributed by atoms with Gasteiger partial charge in [0.15, 0.2) is 0 Å². The number of hydrogen-bond donors (Lipinski definition) is 2. The highest BCUT2D eigenvalue weighted by Crippen LogP contribution is 2.25. The van der Waals surface area contributed by atoms with Crippen molar-refractivity contribution in [1.29, 1.82) is 0 Å². The van der Waals surface area contributed by atoms with E-state index in [0.29, 0.717) is 37.5 Å². The lowest BCUT2D eigenvalue weighted by Crippen LogP contribution is -2.29. The molecule has 0 saturated carbocycles. The van der Waals surface area contributed by atoms with E-state index in [1.807, 2.05) is 22.8 Å². The topological polar surface area (TPSA) is 72.4 Å². The van der Waals surface area contributed by atoms with Gasteiger partial charge in [0.05, 0.1) is 6.61 Å². The van der Waals surface area contributed by atoms with Gasteiger partial charge < -0.3 is 19.9 Å². The van der Waals surface area contributed by atoms with Gasteiger partial charge >= 0.3 is 0 Å². The van der Waals surface area contributed by atoms with E-state index < -0.39 is 0 Å². The second-order valence-corrected chi connectivity index (χ2v) is 6.67. The molecule has 7 heteroatoms. The van der Waals surface area contributed by atoms with E-state index in [2.05, 4.69) is 10.6 Å². The molecule has 3 aromatic rings. The Hall–Kier alpha value is -3.19. The van der Waals surface area contributed by atoms with Gasteiger partial charge in [-0.3, -0.25) is 9.59 Å². The smallest absolute Gasteiger partial charge is 0.268 e. The number of benzene rings is 2. The monoisotopic (exact) mass is 397 g/mol. The van der Waals surface area contributed by atoms with Crippen molar-refractivity contribution in [3.05, 3.63) is 65.6 Å². The van der Waals surface area contributed by atoms with Crippen LogP contribution in [0.5, 0.6) is 0 Å². The number of amides is 2. The van der Waals surface area contributed by atoms with Crippen molar-refractivity contribution in [3.8, 4) is 0 Å². The van der Waals surface area contributed by atoms with Crippen molar-refractivity contribution < 1.29 is 18.7 Å². The number of nitrogens with zero attached hydrogens (tertiary/aromatic N) is 1. The van der Waals surface area contributed by atoms with Crippen LogP contribution in [-0.2, 0) is 16.1 Å². The molecule has 0 aliphatic rings. The van der Waals surface area contributed by atoms with E-state index >= 15 is 0 Å². The van der Waals surface area contributed by atoms with Crippen LogP contribution in [0.2, 0.25) is 0 Å². The Kier molecular flexibility index (Phi) is 6.61. The van der Waals surface area contributed by atoms with Gasteiger partial charge in [0.2, 0.25) is 5.91 Å². The van der Waals surface area contributed by atoms with Crippen LogP contribution in [-0.4, -0.2) is 36.6 Å². The van der Waals surface area contributed by atoms with Crippen LogP contribution >= 0.6 is 0 Å². The highest BCUT2D eigenvalue weighted by Gasteiger charge is 2.16. The number of ether oxygens (including phenoxy) is 1. The third kappa shape index (κ3) is 5.00. The SMILES string of the molecule is CCC(=O)Nc1ccc2c(c1)cc(C(=O)NCCOC)n2Cc1cccc(F)c1. The Bertz CT molecular complexity index is 1030. The Morgan fingerprint density at radius 1 is 1.14 bits per heavy atom. The summed E-state index contributed by atoms with van der Waals surface area (Å²) < 4.78 is 20.5. The standard InChI is InChI=1S/C22H24FN3O3/c1-3-21(27)25-18-7-8-19-16(12-18)13-20(22(28)24-9-10-29-2)26(19)14-15-5-4-6-17(23)11-15/h4-8,11-13H,3,9-10,14H2,1-2H3,(H,24,28)(H,25,27). The molecule has 29 heavy (non-hydrogen) atoms. The molecule has 1 aromatic heterocycles. The van der Waals surface area contributed by atoms with Crippen molar-refractivity contribution in [3.63, 3.8) is 0 Å². The second-order valence-electron chi connectivity index (χ2n) is 6.67. The van der Waals surface area contributed by atoms with E-state index in [-0.39, 0.29) is 17.6 Å². The van der Waals surface area contributed by atoms with Gasteiger partial charge in [-0.05, 0) is 42.0 Å². The van der Waals surface area contributed by atoms with Crippen LogP contribution in [0, 0.1) is 5.82 Å². The molecule has 0 bridgehead atoms. The summed E-state index contributed by atoms with van der Waals surface area (Å²) in [6, 6.07) is 13.6. The molecule has 0 radical (unpaired) electrons. The number of hydrogen-bond acceptors (Lipinski definition) is 3. The van der Waals surface area contributed by atoms with Crippen molar-refractivity contribution >= 4 is 28.4 Å². The van der Waals surface area contributed by atoms with Crippen molar-refractivity contribution in [1.82, 2.24) is 9.88 Å². The third-order valence-corrected chi connectivity index (χ3v) is 4.56. The first-order chi connectivity index (χ1) is 14.0. The highest BCUT2D eigenvalue weighted by atomic mass is 19.1. The normalized spacial score (nSPS) is 10.9. The number of carbonyl (C=O) groups excluding carboxylic acids is 2. The second kappa shape index (κ2) is 9.34. The zero-order chi connectivity index (χ0) is 20.8. The minimum Gasteiger partial charge on any atom is -0.383 e. The van der Waals surface area contributed by atoms with E-state index in [1.165, 1.54) is 12.1 Å². The van der Waals surface area contributed by atoms with Gasteiger partial charge in [0.1, 0.15) is 11.5 Å². The highest BCUT2D eigenvalue weighted by molar-refractivity contribution is 6.00. The third-order valence-electron chi connectivity index (χ3n) is 4.56. The summed E-state index contributed by atoms with van der Waals surface area (Å²) in [5, 5.41) is 6.46. The minimum atomic E-state index is -0.324. The van der Waals surface area contributed by atoms with Crippen LogP contribution in [0.25, 0.3) is 10.9 Å². The van der Waals surface area contributed by atoms with Crippen LogP contribution in [0.15, 0.2) is 48.5 Å². The average Bonchev–Trinajstić information content (AvgIpc) is 3.05. The Morgan fingerprint density at radius 3 is 2.69 bits per heavy atom. The fourth-order valence-corrected chi connectivity index (χ4v) is 3.13. The molecule has 0 atom stereocenters. The molecule has 0 fully saturated rings. The number of methoxy groups -OCH3 is 1. The van der Waals surface area contributed by atoms with Gasteiger partial charge in [0.25, 0.3) is 5.91 Å². The van der Waals surface area contributed by atoms with Crippen LogP contribution in [0.1, 0.15) is 29.4 Å². The number of aromatic nitrogens is 1. The number of anilines is 1. The molecule has 2 N–H and O–H groups in total. The molecule has 0 unspecified atom stereocenters. The number of halogens is 1. The van der Waals surface area contributed by atoms with Gasteiger partial charge in [0, 0.05) is 43.2 Å². The zero-order valence-electron chi connectivity index (χ0n) is 16.5. The summed E-state index contributed by atoms with van der Waals surface area (Å²) >= 11 is 0. The molecule has 3 rings (SSSR count). The summed E-state index contributed by atoms with van der Waals surface area (Å²) in [4.78, 5) is 24.4. The molecule has 2 amide bonds. The van der Waals surface area contributed by atoms with Gasteiger partial charge in [-0.1, -0.05) is 19.1 Å². The number of fused-ring (bicyclic) bond motifs is 1. The molecule has 152 valence electrons. The zero-order valence-corrected chi connectivity index (χ0v) is 16.5. The Labute approximate surface area is 168 Å². The maximum atomic E-state index is 13.6. The van der Waals surface area contributed by atoms with Crippen LogP contribution in [0.3, 0.4) is 0 Å². The van der Waals surface area contributed by atoms with E-state index in [1.54, 1.807) is 32.2 Å². The summed E-state index contributed by atoms with van der Waals surface area (Å²) in [6.07, 6.45) is 0.381. The van der Waals surface area contributed by atoms with Crippen molar-refractivity contribution in [2.45, 2.75) is 19.9 Å². The maximum Gasteiger partial charge on any atom is 0.268 e. The summed E-state index contributed by atoms with van der Waals surface area (Å²) in [7, 11) is 1.57. The predicted molar refractivity (Wildman–Crippen MR) is 111 cm³/mol. The minimum absolute atomic E-state index is 0.0823. The average molecular weight is 397 g/mol. The van der Waals surface area contributed by atoms with Crippen molar-refractivity contribution in [2.75, 3.05) is 25.6 Å². The fraction of sp³-hybridized carbons (Fsp3) is 0.273. The number of carbonyl (C=O) groups is 2. The lowest BCUT2D eigenvalue weighted by atomic mass is 10.2. The fourth-order valence-electron chi connectivity index (χ4n) is 3.13. The van der Waals surface area contributed by atoms with Crippen molar-refractivity contribution in [2.24, 2.45) is 0 Å². The van der Waals surface area contributed by atoms with E-state index in [9.17, 15) is 14.0 Å². The number of nitrogens with one attached hydrogen (secondary N) is 2. The molecule has 2 aromatic carbocycles. The maximum absolute atomic E-state index is 13.6. The van der Waals surface area contributed by atoms with Gasteiger partial charge in [-0.2, -0.15) is 0 Å². The molecular formula is C22H24FN3O3. The van der Waals surface area contributed by atoms with Gasteiger partial charge in [-0.15, -0.1) is 0 Å². The Morgan fingerprint density at radius 2 is 1.97 bits per heavy atom. The molecule has 0 aliphatic heterocycles. The molecule has 0 aliphatic carbocycles. The van der Waals surface area contributed by atoms with Crippen LogP contribution in [0.4, 0.5) is 10.1 Å². The van der Waals surface area contributed by atoms with E-state index in [0.717, 1.165) is 16.5 Å². The summed E-state index contributed by atoms with van der Waals surface area (Å²) in [6.45, 7) is 2.92. The number of rotatable bonds is 8. The predicted octanol–water partition coefficient (Wildman–Crippen LogP) is 3.55. The quantitative estimate of drug-likeness (QED) is 0.571.